The van der Waals surface area contributed by atoms with Gasteiger partial charge in [0.15, 0.2) is 0 Å². The first-order valence-corrected chi connectivity index (χ1v) is 4.31. The van der Waals surface area contributed by atoms with Crippen LogP contribution in [0.25, 0.3) is 0 Å². The first kappa shape index (κ1) is 8.60. The molecule has 1 atom stereocenters. The van der Waals surface area contributed by atoms with Crippen LogP contribution in [-0.4, -0.2) is 4.98 Å². The fourth-order valence-corrected chi connectivity index (χ4v) is 1.16. The number of alkyl halides is 1. The second-order valence-corrected chi connectivity index (χ2v) is 3.01. The number of nitrogens with zero attached hydrogens (tertiary/aromatic N) is 1. The minimum Gasteiger partial charge on any atom is -0.447 e. The van der Waals surface area contributed by atoms with Gasteiger partial charge >= 0.3 is 0 Å². The second-order valence-electron chi connectivity index (χ2n) is 2.48. The van der Waals surface area contributed by atoms with E-state index in [0.29, 0.717) is 5.89 Å². The molecular weight excluding hydrogens is 162 g/mol. The maximum absolute atomic E-state index is 5.97. The summed E-state index contributed by atoms with van der Waals surface area (Å²) in [5.74, 6) is 0.639. The molecule has 0 saturated carbocycles. The van der Waals surface area contributed by atoms with Crippen molar-refractivity contribution in [1.82, 2.24) is 4.98 Å². The van der Waals surface area contributed by atoms with Crippen LogP contribution in [0.4, 0.5) is 0 Å². The van der Waals surface area contributed by atoms with E-state index in [-0.39, 0.29) is 5.38 Å². The molecule has 3 heteroatoms. The number of aromatic nitrogens is 1. The lowest BCUT2D eigenvalue weighted by atomic mass is 10.2. The molecule has 0 aliphatic carbocycles. The Morgan fingerprint density at radius 3 is 3.09 bits per heavy atom. The van der Waals surface area contributed by atoms with Gasteiger partial charge < -0.3 is 4.42 Å². The third-order valence-electron chi connectivity index (χ3n) is 1.53. The molecule has 1 rings (SSSR count). The number of oxazole rings is 1. The van der Waals surface area contributed by atoms with Gasteiger partial charge in [-0.3, -0.25) is 0 Å². The van der Waals surface area contributed by atoms with E-state index in [9.17, 15) is 0 Å². The van der Waals surface area contributed by atoms with Crippen molar-refractivity contribution < 1.29 is 4.42 Å². The van der Waals surface area contributed by atoms with E-state index in [0.717, 1.165) is 19.3 Å². The predicted octanol–water partition coefficient (Wildman–Crippen LogP) is 3.14. The highest BCUT2D eigenvalue weighted by Gasteiger charge is 2.10. The zero-order valence-electron chi connectivity index (χ0n) is 6.59. The number of rotatable bonds is 4. The largest absolute Gasteiger partial charge is 0.447 e. The van der Waals surface area contributed by atoms with E-state index in [1.165, 1.54) is 0 Å². The van der Waals surface area contributed by atoms with E-state index >= 15 is 0 Å². The summed E-state index contributed by atoms with van der Waals surface area (Å²) in [5.41, 5.74) is 0. The number of halogens is 1. The average molecular weight is 174 g/mol. The first-order valence-electron chi connectivity index (χ1n) is 3.88. The monoisotopic (exact) mass is 173 g/mol. The van der Waals surface area contributed by atoms with Gasteiger partial charge in [0.1, 0.15) is 11.6 Å². The van der Waals surface area contributed by atoms with E-state index in [2.05, 4.69) is 11.9 Å². The number of hydrogen-bond donors (Lipinski definition) is 0. The van der Waals surface area contributed by atoms with Crippen LogP contribution in [0.3, 0.4) is 0 Å². The minimum atomic E-state index is -0.0510. The van der Waals surface area contributed by atoms with Gasteiger partial charge in [-0.25, -0.2) is 4.98 Å². The molecular formula is C8H12ClNO. The number of hydrogen-bond acceptors (Lipinski definition) is 2. The molecule has 0 bridgehead atoms. The van der Waals surface area contributed by atoms with Gasteiger partial charge in [0.05, 0.1) is 6.20 Å². The number of unbranched alkanes of at least 4 members (excludes halogenated alkanes) is 1. The van der Waals surface area contributed by atoms with Crippen molar-refractivity contribution in [3.63, 3.8) is 0 Å². The van der Waals surface area contributed by atoms with Gasteiger partial charge in [-0.1, -0.05) is 19.8 Å². The van der Waals surface area contributed by atoms with Gasteiger partial charge in [0.2, 0.25) is 5.89 Å². The SMILES string of the molecule is CCCCC(Cl)c1ncco1. The fraction of sp³-hybridized carbons (Fsp3) is 0.625. The molecule has 1 heterocycles. The van der Waals surface area contributed by atoms with Crippen molar-refractivity contribution >= 4 is 11.6 Å². The Balaban J connectivity index is 2.36. The minimum absolute atomic E-state index is 0.0510. The Hall–Kier alpha value is -0.500. The Morgan fingerprint density at radius 2 is 2.55 bits per heavy atom. The summed E-state index contributed by atoms with van der Waals surface area (Å²) in [6.45, 7) is 2.14. The third kappa shape index (κ3) is 2.54. The Labute approximate surface area is 71.6 Å². The molecule has 0 spiro atoms. The van der Waals surface area contributed by atoms with E-state index < -0.39 is 0 Å². The molecule has 1 aromatic heterocycles. The molecule has 0 amide bonds. The van der Waals surface area contributed by atoms with Crippen LogP contribution < -0.4 is 0 Å². The zero-order valence-corrected chi connectivity index (χ0v) is 7.34. The van der Waals surface area contributed by atoms with Crippen molar-refractivity contribution in [2.45, 2.75) is 31.6 Å². The molecule has 1 aromatic rings. The van der Waals surface area contributed by atoms with Crippen LogP contribution in [0.2, 0.25) is 0 Å². The maximum atomic E-state index is 5.97. The van der Waals surface area contributed by atoms with Crippen molar-refractivity contribution in [2.75, 3.05) is 0 Å². The molecule has 0 saturated heterocycles. The summed E-state index contributed by atoms with van der Waals surface area (Å²) in [4.78, 5) is 3.97. The Bertz CT molecular complexity index is 186. The van der Waals surface area contributed by atoms with Gasteiger partial charge in [-0.2, -0.15) is 0 Å². The Kier molecular flexibility index (Phi) is 3.43. The molecule has 0 aliphatic rings. The molecule has 0 N–H and O–H groups in total. The van der Waals surface area contributed by atoms with Crippen molar-refractivity contribution in [2.24, 2.45) is 0 Å². The molecule has 1 unspecified atom stereocenters. The molecule has 0 radical (unpaired) electrons. The smallest absolute Gasteiger partial charge is 0.211 e. The van der Waals surface area contributed by atoms with Gasteiger partial charge in [-0.15, -0.1) is 11.6 Å². The normalized spacial score (nSPS) is 13.3. The topological polar surface area (TPSA) is 26.0 Å². The standard InChI is InChI=1S/C8H12ClNO/c1-2-3-4-7(9)8-10-5-6-11-8/h5-7H,2-4H2,1H3. The van der Waals surface area contributed by atoms with Crippen LogP contribution in [-0.2, 0) is 0 Å². The lowest BCUT2D eigenvalue weighted by molar-refractivity contribution is 0.474. The summed E-state index contributed by atoms with van der Waals surface area (Å²) >= 11 is 5.97. The highest BCUT2D eigenvalue weighted by molar-refractivity contribution is 6.20. The molecule has 0 aromatic carbocycles. The van der Waals surface area contributed by atoms with E-state index in [1.54, 1.807) is 12.5 Å². The summed E-state index contributed by atoms with van der Waals surface area (Å²) in [7, 11) is 0. The van der Waals surface area contributed by atoms with Gasteiger partial charge in [0, 0.05) is 0 Å². The van der Waals surface area contributed by atoms with Crippen molar-refractivity contribution in [3.8, 4) is 0 Å². The molecule has 62 valence electrons. The van der Waals surface area contributed by atoms with Crippen LogP contribution in [0.5, 0.6) is 0 Å². The first-order chi connectivity index (χ1) is 5.34. The lowest BCUT2D eigenvalue weighted by Crippen LogP contribution is -1.89. The maximum Gasteiger partial charge on any atom is 0.211 e. The average Bonchev–Trinajstić information content (AvgIpc) is 2.52. The van der Waals surface area contributed by atoms with Gasteiger partial charge in [0.25, 0.3) is 0 Å². The van der Waals surface area contributed by atoms with Crippen LogP contribution in [0.1, 0.15) is 37.5 Å². The molecule has 0 aliphatic heterocycles. The predicted molar refractivity (Wildman–Crippen MR) is 44.6 cm³/mol. The van der Waals surface area contributed by atoms with Crippen LogP contribution in [0.15, 0.2) is 16.9 Å². The molecule has 0 fully saturated rings. The van der Waals surface area contributed by atoms with Crippen molar-refractivity contribution in [1.29, 1.82) is 0 Å². The molecule has 11 heavy (non-hydrogen) atoms. The lowest BCUT2D eigenvalue weighted by Gasteiger charge is -2.01. The second kappa shape index (κ2) is 4.39. The summed E-state index contributed by atoms with van der Waals surface area (Å²) in [5, 5.41) is -0.0510. The Morgan fingerprint density at radius 1 is 1.73 bits per heavy atom. The summed E-state index contributed by atoms with van der Waals surface area (Å²) in [6.07, 6.45) is 6.40. The van der Waals surface area contributed by atoms with E-state index in [4.69, 9.17) is 16.0 Å². The summed E-state index contributed by atoms with van der Waals surface area (Å²) < 4.78 is 5.05. The highest BCUT2D eigenvalue weighted by atomic mass is 35.5. The quantitative estimate of drug-likeness (QED) is 0.654. The fourth-order valence-electron chi connectivity index (χ4n) is 0.896. The third-order valence-corrected chi connectivity index (χ3v) is 1.94. The van der Waals surface area contributed by atoms with Crippen LogP contribution in [0, 0.1) is 0 Å². The van der Waals surface area contributed by atoms with Crippen molar-refractivity contribution in [3.05, 3.63) is 18.4 Å². The van der Waals surface area contributed by atoms with Gasteiger partial charge in [-0.05, 0) is 6.42 Å². The zero-order chi connectivity index (χ0) is 8.10. The van der Waals surface area contributed by atoms with E-state index in [1.807, 2.05) is 0 Å². The highest BCUT2D eigenvalue weighted by Crippen LogP contribution is 2.24. The molecule has 2 nitrogen and oxygen atoms in total. The van der Waals surface area contributed by atoms with Crippen LogP contribution >= 0.6 is 11.6 Å². The summed E-state index contributed by atoms with van der Waals surface area (Å²) in [6, 6.07) is 0.